The van der Waals surface area contributed by atoms with Crippen LogP contribution in [0.2, 0.25) is 0 Å². The molecule has 4 heterocycles. The normalized spacial score (nSPS) is 14.5. The fourth-order valence-corrected chi connectivity index (χ4v) is 3.04. The molecule has 0 radical (unpaired) electrons. The summed E-state index contributed by atoms with van der Waals surface area (Å²) in [4.78, 5) is 27.2. The summed E-state index contributed by atoms with van der Waals surface area (Å²) in [6, 6.07) is 1.80. The van der Waals surface area contributed by atoms with Crippen LogP contribution in [0.25, 0.3) is 16.8 Å². The first-order chi connectivity index (χ1) is 13.2. The van der Waals surface area contributed by atoms with Crippen LogP contribution in [0.15, 0.2) is 30.9 Å². The number of nitrogens with zero attached hydrogens (tertiary/aromatic N) is 5. The van der Waals surface area contributed by atoms with Gasteiger partial charge in [-0.05, 0) is 13.0 Å². The summed E-state index contributed by atoms with van der Waals surface area (Å²) in [5.41, 5.74) is 8.34. The van der Waals surface area contributed by atoms with Crippen LogP contribution in [0.5, 0.6) is 0 Å². The first-order valence-electron chi connectivity index (χ1n) is 8.76. The molecule has 3 aromatic heterocycles. The van der Waals surface area contributed by atoms with Crippen LogP contribution in [0.3, 0.4) is 0 Å². The third-order valence-electron chi connectivity index (χ3n) is 4.35. The number of aromatic nitrogens is 4. The molecule has 0 bridgehead atoms. The number of nitrogens with two attached hydrogens (primary N) is 1. The van der Waals surface area contributed by atoms with Crippen molar-refractivity contribution >= 4 is 23.3 Å². The maximum absolute atomic E-state index is 12.2. The summed E-state index contributed by atoms with van der Waals surface area (Å²) in [5, 5.41) is 0. The van der Waals surface area contributed by atoms with E-state index in [2.05, 4.69) is 14.9 Å². The van der Waals surface area contributed by atoms with Gasteiger partial charge in [0.05, 0.1) is 36.6 Å². The number of nitrogen functional groups attached to an aromatic ring is 1. The largest absolute Gasteiger partial charge is 0.462 e. The molecule has 0 aliphatic carbocycles. The summed E-state index contributed by atoms with van der Waals surface area (Å²) in [5.74, 6) is 0.633. The standard InChI is InChI=1S/C18H20N6O3/c1-2-27-17(25)12-7-15-16(23-3-5-26-6-4-23)22-14(11-24(15)10-12)13-8-20-18(19)21-9-13/h7-11H,2-6H2,1H3,(H2,19,20,21). The highest BCUT2D eigenvalue weighted by Gasteiger charge is 2.20. The first-order valence-corrected chi connectivity index (χ1v) is 8.76. The van der Waals surface area contributed by atoms with Crippen molar-refractivity contribution in [3.63, 3.8) is 0 Å². The molecule has 0 saturated carbocycles. The Morgan fingerprint density at radius 2 is 2.00 bits per heavy atom. The zero-order valence-corrected chi connectivity index (χ0v) is 15.0. The van der Waals surface area contributed by atoms with Crippen molar-refractivity contribution in [3.8, 4) is 11.3 Å². The van der Waals surface area contributed by atoms with Crippen LogP contribution in [-0.2, 0) is 9.47 Å². The molecule has 9 nitrogen and oxygen atoms in total. The predicted octanol–water partition coefficient (Wildman–Crippen LogP) is 1.39. The Hall–Kier alpha value is -3.20. The Morgan fingerprint density at radius 1 is 1.26 bits per heavy atom. The number of hydrogen-bond donors (Lipinski definition) is 1. The molecule has 140 valence electrons. The average molecular weight is 368 g/mol. The first kappa shape index (κ1) is 17.2. The lowest BCUT2D eigenvalue weighted by molar-refractivity contribution is 0.0526. The second kappa shape index (κ2) is 7.20. The molecule has 0 amide bonds. The number of hydrogen-bond acceptors (Lipinski definition) is 8. The summed E-state index contributed by atoms with van der Waals surface area (Å²) in [7, 11) is 0. The number of ether oxygens (including phenoxy) is 2. The lowest BCUT2D eigenvalue weighted by Gasteiger charge is -2.28. The molecule has 1 aliphatic heterocycles. The molecular weight excluding hydrogens is 348 g/mol. The summed E-state index contributed by atoms with van der Waals surface area (Å²) >= 11 is 0. The smallest absolute Gasteiger partial charge is 0.339 e. The molecule has 1 fully saturated rings. The minimum Gasteiger partial charge on any atom is -0.462 e. The van der Waals surface area contributed by atoms with E-state index >= 15 is 0 Å². The average Bonchev–Trinajstić information content (AvgIpc) is 3.13. The Morgan fingerprint density at radius 3 is 2.70 bits per heavy atom. The zero-order valence-electron chi connectivity index (χ0n) is 15.0. The second-order valence-corrected chi connectivity index (χ2v) is 6.12. The van der Waals surface area contributed by atoms with Crippen LogP contribution in [0.1, 0.15) is 17.3 Å². The predicted molar refractivity (Wildman–Crippen MR) is 99.6 cm³/mol. The van der Waals surface area contributed by atoms with Gasteiger partial charge in [-0.3, -0.25) is 0 Å². The van der Waals surface area contributed by atoms with E-state index in [4.69, 9.17) is 20.2 Å². The van der Waals surface area contributed by atoms with Crippen molar-refractivity contribution in [2.75, 3.05) is 43.5 Å². The Balaban J connectivity index is 1.84. The zero-order chi connectivity index (χ0) is 18.8. The van der Waals surface area contributed by atoms with Crippen molar-refractivity contribution in [1.82, 2.24) is 19.4 Å². The van der Waals surface area contributed by atoms with E-state index in [0.29, 0.717) is 31.1 Å². The van der Waals surface area contributed by atoms with Gasteiger partial charge in [0, 0.05) is 43.4 Å². The van der Waals surface area contributed by atoms with E-state index in [-0.39, 0.29) is 11.9 Å². The quantitative estimate of drug-likeness (QED) is 0.688. The third-order valence-corrected chi connectivity index (χ3v) is 4.35. The van der Waals surface area contributed by atoms with Crippen molar-refractivity contribution in [1.29, 1.82) is 0 Å². The summed E-state index contributed by atoms with van der Waals surface area (Å²) in [6.07, 6.45) is 6.86. The van der Waals surface area contributed by atoms with Crippen LogP contribution >= 0.6 is 0 Å². The van der Waals surface area contributed by atoms with E-state index in [1.807, 2.05) is 10.6 Å². The number of morpholine rings is 1. The minimum absolute atomic E-state index is 0.207. The van der Waals surface area contributed by atoms with Gasteiger partial charge in [-0.15, -0.1) is 0 Å². The SMILES string of the molecule is CCOC(=O)c1cc2c(N3CCOCC3)nc(-c3cnc(N)nc3)cn2c1. The van der Waals surface area contributed by atoms with Gasteiger partial charge in [-0.2, -0.15) is 0 Å². The number of rotatable bonds is 4. The third kappa shape index (κ3) is 3.41. The van der Waals surface area contributed by atoms with Gasteiger partial charge in [0.25, 0.3) is 0 Å². The van der Waals surface area contributed by atoms with Gasteiger partial charge >= 0.3 is 5.97 Å². The van der Waals surface area contributed by atoms with E-state index in [0.717, 1.165) is 30.0 Å². The van der Waals surface area contributed by atoms with E-state index < -0.39 is 0 Å². The number of carbonyl (C=O) groups is 1. The highest BCUT2D eigenvalue weighted by atomic mass is 16.5. The topological polar surface area (TPSA) is 108 Å². The second-order valence-electron chi connectivity index (χ2n) is 6.12. The van der Waals surface area contributed by atoms with Crippen LogP contribution < -0.4 is 10.6 Å². The van der Waals surface area contributed by atoms with Gasteiger partial charge in [-0.25, -0.2) is 19.7 Å². The van der Waals surface area contributed by atoms with Gasteiger partial charge in [0.15, 0.2) is 5.82 Å². The maximum Gasteiger partial charge on any atom is 0.339 e. The monoisotopic (exact) mass is 368 g/mol. The Kier molecular flexibility index (Phi) is 4.59. The van der Waals surface area contributed by atoms with Crippen molar-refractivity contribution in [2.45, 2.75) is 6.92 Å². The van der Waals surface area contributed by atoms with Gasteiger partial charge < -0.3 is 24.5 Å². The molecule has 1 saturated heterocycles. The van der Waals surface area contributed by atoms with E-state index in [1.165, 1.54) is 0 Å². The molecule has 0 unspecified atom stereocenters. The summed E-state index contributed by atoms with van der Waals surface area (Å²) in [6.45, 7) is 4.83. The van der Waals surface area contributed by atoms with Gasteiger partial charge in [0.1, 0.15) is 0 Å². The lowest BCUT2D eigenvalue weighted by atomic mass is 10.2. The van der Waals surface area contributed by atoms with E-state index in [1.54, 1.807) is 31.6 Å². The number of fused-ring (bicyclic) bond motifs is 1. The van der Waals surface area contributed by atoms with Crippen LogP contribution in [0.4, 0.5) is 11.8 Å². The molecule has 27 heavy (non-hydrogen) atoms. The molecule has 3 aromatic rings. The number of esters is 1. The molecule has 2 N–H and O–H groups in total. The Labute approximate surface area is 155 Å². The summed E-state index contributed by atoms with van der Waals surface area (Å²) < 4.78 is 12.5. The molecule has 1 aliphatic rings. The molecule has 0 atom stereocenters. The van der Waals surface area contributed by atoms with Gasteiger partial charge in [0.2, 0.25) is 5.95 Å². The fourth-order valence-electron chi connectivity index (χ4n) is 3.04. The van der Waals surface area contributed by atoms with Gasteiger partial charge in [-0.1, -0.05) is 0 Å². The molecule has 0 spiro atoms. The van der Waals surface area contributed by atoms with Crippen LogP contribution in [-0.4, -0.2) is 58.2 Å². The molecule has 4 rings (SSSR count). The lowest BCUT2D eigenvalue weighted by Crippen LogP contribution is -2.37. The molecule has 9 heteroatoms. The highest BCUT2D eigenvalue weighted by molar-refractivity contribution is 5.92. The van der Waals surface area contributed by atoms with E-state index in [9.17, 15) is 4.79 Å². The molecule has 0 aromatic carbocycles. The minimum atomic E-state index is -0.355. The highest BCUT2D eigenvalue weighted by Crippen LogP contribution is 2.27. The number of anilines is 2. The van der Waals surface area contributed by atoms with Crippen molar-refractivity contribution in [2.24, 2.45) is 0 Å². The molecular formula is C18H20N6O3. The van der Waals surface area contributed by atoms with Crippen molar-refractivity contribution < 1.29 is 14.3 Å². The van der Waals surface area contributed by atoms with Crippen LogP contribution in [0, 0.1) is 0 Å². The number of carbonyl (C=O) groups excluding carboxylic acids is 1. The Bertz CT molecular complexity index is 963. The van der Waals surface area contributed by atoms with Crippen molar-refractivity contribution in [3.05, 3.63) is 36.4 Å². The maximum atomic E-state index is 12.2. The fraction of sp³-hybridized carbons (Fsp3) is 0.333.